The number of halogens is 2. The monoisotopic (exact) mass is 332 g/mol. The molecule has 1 saturated carbocycles. The molecule has 1 amide bonds. The number of benzene rings is 1. The normalized spacial score (nSPS) is 17.1. The number of anilines is 1. The number of nitrogens with two attached hydrogens (primary N) is 1. The highest BCUT2D eigenvalue weighted by molar-refractivity contribution is 9.10. The van der Waals surface area contributed by atoms with Gasteiger partial charge in [0.15, 0.2) is 0 Å². The lowest BCUT2D eigenvalue weighted by atomic mass is 9.98. The van der Waals surface area contributed by atoms with Gasteiger partial charge in [0.2, 0.25) is 5.91 Å². The molecule has 1 aliphatic rings. The minimum Gasteiger partial charge on any atom is -0.324 e. The summed E-state index contributed by atoms with van der Waals surface area (Å²) in [5.41, 5.74) is 7.31. The Labute approximate surface area is 122 Å². The molecule has 3 N–H and O–H groups in total. The SMILES string of the molecule is Cc1c(Br)cccc1NC(=O)C1(N)CCCC1.Cl. The molecule has 0 saturated heterocycles. The highest BCUT2D eigenvalue weighted by Crippen LogP contribution is 2.30. The van der Waals surface area contributed by atoms with Gasteiger partial charge >= 0.3 is 0 Å². The Morgan fingerprint density at radius 1 is 1.39 bits per heavy atom. The summed E-state index contributed by atoms with van der Waals surface area (Å²) >= 11 is 3.45. The van der Waals surface area contributed by atoms with Crippen molar-refractivity contribution < 1.29 is 4.79 Å². The zero-order chi connectivity index (χ0) is 12.5. The standard InChI is InChI=1S/C13H17BrN2O.ClH/c1-9-10(14)5-4-6-11(9)16-12(17)13(15)7-2-3-8-13;/h4-6H,2-3,7-8,15H2,1H3,(H,16,17);1H. The summed E-state index contributed by atoms with van der Waals surface area (Å²) in [4.78, 5) is 12.1. The highest BCUT2D eigenvalue weighted by Gasteiger charge is 2.37. The molecule has 18 heavy (non-hydrogen) atoms. The molecule has 0 atom stereocenters. The van der Waals surface area contributed by atoms with Crippen molar-refractivity contribution in [1.82, 2.24) is 0 Å². The molecule has 1 aromatic rings. The van der Waals surface area contributed by atoms with Gasteiger partial charge in [0.05, 0.1) is 5.54 Å². The molecule has 0 aliphatic heterocycles. The molecule has 2 rings (SSSR count). The van der Waals surface area contributed by atoms with E-state index in [-0.39, 0.29) is 18.3 Å². The van der Waals surface area contributed by atoms with Crippen molar-refractivity contribution in [2.24, 2.45) is 5.73 Å². The largest absolute Gasteiger partial charge is 0.324 e. The Morgan fingerprint density at radius 2 is 2.00 bits per heavy atom. The number of nitrogens with one attached hydrogen (secondary N) is 1. The number of hydrogen-bond acceptors (Lipinski definition) is 2. The van der Waals surface area contributed by atoms with E-state index in [2.05, 4.69) is 21.2 Å². The van der Waals surface area contributed by atoms with Gasteiger partial charge in [-0.05, 0) is 37.5 Å². The molecule has 1 aromatic carbocycles. The topological polar surface area (TPSA) is 55.1 Å². The van der Waals surface area contributed by atoms with Gasteiger partial charge in [-0.15, -0.1) is 12.4 Å². The highest BCUT2D eigenvalue weighted by atomic mass is 79.9. The molecule has 1 fully saturated rings. The minimum atomic E-state index is -0.672. The van der Waals surface area contributed by atoms with Crippen molar-refractivity contribution in [2.75, 3.05) is 5.32 Å². The average Bonchev–Trinajstić information content (AvgIpc) is 2.73. The first kappa shape index (κ1) is 15.5. The molecule has 5 heteroatoms. The summed E-state index contributed by atoms with van der Waals surface area (Å²) in [6.45, 7) is 1.97. The Balaban J connectivity index is 0.00000162. The molecule has 100 valence electrons. The predicted octanol–water partition coefficient (Wildman–Crippen LogP) is 3.39. The summed E-state index contributed by atoms with van der Waals surface area (Å²) in [6.07, 6.45) is 3.65. The second kappa shape index (κ2) is 6.04. The molecule has 0 radical (unpaired) electrons. The third kappa shape index (κ3) is 3.05. The maximum Gasteiger partial charge on any atom is 0.244 e. The Kier molecular flexibility index (Phi) is 5.20. The van der Waals surface area contributed by atoms with Crippen molar-refractivity contribution in [3.63, 3.8) is 0 Å². The molecule has 0 aromatic heterocycles. The van der Waals surface area contributed by atoms with E-state index in [0.717, 1.165) is 41.4 Å². The first-order valence-electron chi connectivity index (χ1n) is 5.88. The second-order valence-corrected chi connectivity index (χ2v) is 5.58. The van der Waals surface area contributed by atoms with Crippen LogP contribution in [0.5, 0.6) is 0 Å². The molecule has 0 bridgehead atoms. The summed E-state index contributed by atoms with van der Waals surface area (Å²) in [6, 6.07) is 5.76. The van der Waals surface area contributed by atoms with Crippen molar-refractivity contribution in [2.45, 2.75) is 38.1 Å². The fraction of sp³-hybridized carbons (Fsp3) is 0.462. The fourth-order valence-electron chi connectivity index (χ4n) is 2.22. The Hall–Kier alpha value is -0.580. The minimum absolute atomic E-state index is 0. The van der Waals surface area contributed by atoms with E-state index in [1.165, 1.54) is 0 Å². The van der Waals surface area contributed by atoms with Gasteiger partial charge in [0.1, 0.15) is 0 Å². The first-order valence-corrected chi connectivity index (χ1v) is 6.68. The van der Waals surface area contributed by atoms with E-state index >= 15 is 0 Å². The van der Waals surface area contributed by atoms with Crippen LogP contribution in [0.15, 0.2) is 22.7 Å². The maximum atomic E-state index is 12.1. The number of rotatable bonds is 2. The van der Waals surface area contributed by atoms with Crippen LogP contribution in [0, 0.1) is 6.92 Å². The van der Waals surface area contributed by atoms with Gasteiger partial charge in [0.25, 0.3) is 0 Å². The molecular formula is C13H18BrClN2O. The number of carbonyl (C=O) groups excluding carboxylic acids is 1. The van der Waals surface area contributed by atoms with E-state index in [4.69, 9.17) is 5.73 Å². The van der Waals surface area contributed by atoms with Crippen molar-refractivity contribution in [3.05, 3.63) is 28.2 Å². The predicted molar refractivity (Wildman–Crippen MR) is 80.1 cm³/mol. The van der Waals surface area contributed by atoms with Gasteiger partial charge in [-0.25, -0.2) is 0 Å². The van der Waals surface area contributed by atoms with Crippen LogP contribution >= 0.6 is 28.3 Å². The van der Waals surface area contributed by atoms with E-state index < -0.39 is 5.54 Å². The zero-order valence-corrected chi connectivity index (χ0v) is 12.7. The van der Waals surface area contributed by atoms with Crippen LogP contribution < -0.4 is 11.1 Å². The molecule has 0 spiro atoms. The van der Waals surface area contributed by atoms with Gasteiger partial charge in [-0.2, -0.15) is 0 Å². The second-order valence-electron chi connectivity index (χ2n) is 4.73. The van der Waals surface area contributed by atoms with Crippen LogP contribution in [0.25, 0.3) is 0 Å². The summed E-state index contributed by atoms with van der Waals surface area (Å²) < 4.78 is 0.993. The zero-order valence-electron chi connectivity index (χ0n) is 10.3. The summed E-state index contributed by atoms with van der Waals surface area (Å²) in [5, 5.41) is 2.94. The quantitative estimate of drug-likeness (QED) is 0.871. The number of amides is 1. The van der Waals surface area contributed by atoms with Gasteiger partial charge < -0.3 is 11.1 Å². The lowest BCUT2D eigenvalue weighted by Crippen LogP contribution is -2.48. The molecule has 0 unspecified atom stereocenters. The van der Waals surface area contributed by atoms with Crippen LogP contribution in [0.1, 0.15) is 31.2 Å². The van der Waals surface area contributed by atoms with Crippen LogP contribution in [0.2, 0.25) is 0 Å². The lowest BCUT2D eigenvalue weighted by Gasteiger charge is -2.23. The molecule has 3 nitrogen and oxygen atoms in total. The Morgan fingerprint density at radius 3 is 2.61 bits per heavy atom. The third-order valence-corrected chi connectivity index (χ3v) is 4.32. The third-order valence-electron chi connectivity index (χ3n) is 3.46. The van der Waals surface area contributed by atoms with Gasteiger partial charge in [-0.1, -0.05) is 34.8 Å². The smallest absolute Gasteiger partial charge is 0.244 e. The van der Waals surface area contributed by atoms with Crippen molar-refractivity contribution in [3.8, 4) is 0 Å². The van der Waals surface area contributed by atoms with Crippen molar-refractivity contribution in [1.29, 1.82) is 0 Å². The maximum absolute atomic E-state index is 12.1. The first-order chi connectivity index (χ1) is 8.03. The van der Waals surface area contributed by atoms with E-state index in [0.29, 0.717) is 0 Å². The lowest BCUT2D eigenvalue weighted by molar-refractivity contribution is -0.121. The summed E-state index contributed by atoms with van der Waals surface area (Å²) in [7, 11) is 0. The van der Waals surface area contributed by atoms with Crippen LogP contribution in [-0.2, 0) is 4.79 Å². The van der Waals surface area contributed by atoms with Crippen molar-refractivity contribution >= 4 is 39.9 Å². The van der Waals surface area contributed by atoms with E-state index in [9.17, 15) is 4.79 Å². The van der Waals surface area contributed by atoms with Crippen LogP contribution in [0.4, 0.5) is 5.69 Å². The molecule has 1 aliphatic carbocycles. The van der Waals surface area contributed by atoms with Crippen LogP contribution in [-0.4, -0.2) is 11.4 Å². The van der Waals surface area contributed by atoms with Gasteiger partial charge in [0, 0.05) is 10.2 Å². The number of carbonyl (C=O) groups is 1. The number of hydrogen-bond donors (Lipinski definition) is 2. The molecule has 0 heterocycles. The van der Waals surface area contributed by atoms with Gasteiger partial charge in [-0.3, -0.25) is 4.79 Å². The Bertz CT molecular complexity index is 445. The van der Waals surface area contributed by atoms with E-state index in [1.807, 2.05) is 25.1 Å². The average molecular weight is 334 g/mol. The fourth-order valence-corrected chi connectivity index (χ4v) is 2.59. The summed E-state index contributed by atoms with van der Waals surface area (Å²) in [5.74, 6) is -0.0591. The van der Waals surface area contributed by atoms with E-state index in [1.54, 1.807) is 0 Å². The molecular weight excluding hydrogens is 316 g/mol. The van der Waals surface area contributed by atoms with Crippen LogP contribution in [0.3, 0.4) is 0 Å².